The van der Waals surface area contributed by atoms with Gasteiger partial charge in [0, 0.05) is 7.05 Å². The Labute approximate surface area is 144 Å². The van der Waals surface area contributed by atoms with Crippen LogP contribution in [0.4, 0.5) is 4.79 Å². The molecule has 0 saturated heterocycles. The van der Waals surface area contributed by atoms with Crippen molar-refractivity contribution in [1.82, 2.24) is 10.4 Å². The number of nitrogens with one attached hydrogen (secondary N) is 1. The molecule has 2 amide bonds. The molecule has 0 aliphatic heterocycles. The molecule has 0 spiro atoms. The van der Waals surface area contributed by atoms with Crippen LogP contribution in [-0.4, -0.2) is 42.9 Å². The highest BCUT2D eigenvalue weighted by Gasteiger charge is 2.26. The van der Waals surface area contributed by atoms with Crippen LogP contribution in [-0.2, 0) is 20.8 Å². The predicted molar refractivity (Wildman–Crippen MR) is 92.3 cm³/mol. The SMILES string of the molecule is CON(C)C(=O)C(CCCc1ccccc1)NC(=O)OC(C)(C)C. The van der Waals surface area contributed by atoms with Crippen molar-refractivity contribution in [2.75, 3.05) is 14.2 Å². The second kappa shape index (κ2) is 9.27. The summed E-state index contributed by atoms with van der Waals surface area (Å²) in [7, 11) is 2.93. The van der Waals surface area contributed by atoms with Crippen LogP contribution < -0.4 is 5.32 Å². The Kier molecular flexibility index (Phi) is 7.71. The highest BCUT2D eigenvalue weighted by atomic mass is 16.7. The van der Waals surface area contributed by atoms with Crippen molar-refractivity contribution >= 4 is 12.0 Å². The normalized spacial score (nSPS) is 12.4. The van der Waals surface area contributed by atoms with Crippen LogP contribution in [0.5, 0.6) is 0 Å². The monoisotopic (exact) mass is 336 g/mol. The van der Waals surface area contributed by atoms with E-state index in [9.17, 15) is 9.59 Å². The maximum atomic E-state index is 12.3. The summed E-state index contributed by atoms with van der Waals surface area (Å²) >= 11 is 0. The molecule has 0 fully saturated rings. The molecule has 0 aliphatic carbocycles. The van der Waals surface area contributed by atoms with Gasteiger partial charge in [0.05, 0.1) is 7.11 Å². The molecule has 0 bridgehead atoms. The number of hydroxylamine groups is 2. The first-order valence-electron chi connectivity index (χ1n) is 8.08. The number of alkyl carbamates (subject to hydrolysis) is 1. The molecule has 0 saturated carbocycles. The van der Waals surface area contributed by atoms with Gasteiger partial charge in [0.15, 0.2) is 0 Å². The first kappa shape index (κ1) is 20.0. The minimum Gasteiger partial charge on any atom is -0.444 e. The van der Waals surface area contributed by atoms with Gasteiger partial charge in [-0.2, -0.15) is 0 Å². The molecule has 1 aromatic carbocycles. The second-order valence-corrected chi connectivity index (χ2v) is 6.59. The summed E-state index contributed by atoms with van der Waals surface area (Å²) in [6, 6.07) is 9.32. The molecule has 0 aromatic heterocycles. The summed E-state index contributed by atoms with van der Waals surface area (Å²) in [5, 5.41) is 3.76. The zero-order valence-corrected chi connectivity index (χ0v) is 15.2. The third-order valence-electron chi connectivity index (χ3n) is 3.37. The molecule has 0 heterocycles. The Hall–Kier alpha value is -2.08. The summed E-state index contributed by atoms with van der Waals surface area (Å²) in [6.07, 6.45) is 1.48. The van der Waals surface area contributed by atoms with Crippen LogP contribution in [0, 0.1) is 0 Å². The minimum absolute atomic E-state index is 0.309. The third-order valence-corrected chi connectivity index (χ3v) is 3.37. The highest BCUT2D eigenvalue weighted by Crippen LogP contribution is 2.11. The van der Waals surface area contributed by atoms with Crippen LogP contribution >= 0.6 is 0 Å². The molecule has 1 atom stereocenters. The Balaban J connectivity index is 2.63. The quantitative estimate of drug-likeness (QED) is 0.778. The van der Waals surface area contributed by atoms with Gasteiger partial charge in [-0.15, -0.1) is 0 Å². The maximum Gasteiger partial charge on any atom is 0.408 e. The minimum atomic E-state index is -0.687. The number of hydrogen-bond acceptors (Lipinski definition) is 4. The molecule has 1 rings (SSSR count). The molecule has 1 unspecified atom stereocenters. The van der Waals surface area contributed by atoms with Crippen LogP contribution in [0.15, 0.2) is 30.3 Å². The van der Waals surface area contributed by atoms with Gasteiger partial charge in [-0.3, -0.25) is 9.63 Å². The lowest BCUT2D eigenvalue weighted by atomic mass is 10.0. The number of carbonyl (C=O) groups excluding carboxylic acids is 2. The summed E-state index contributed by atoms with van der Waals surface area (Å²) in [6.45, 7) is 5.33. The van der Waals surface area contributed by atoms with Gasteiger partial charge in [0.25, 0.3) is 5.91 Å². The number of carbonyl (C=O) groups is 2. The lowest BCUT2D eigenvalue weighted by Gasteiger charge is -2.25. The van der Waals surface area contributed by atoms with E-state index in [0.29, 0.717) is 6.42 Å². The van der Waals surface area contributed by atoms with Crippen molar-refractivity contribution in [3.63, 3.8) is 0 Å². The molecule has 0 aliphatic rings. The average Bonchev–Trinajstić information content (AvgIpc) is 2.51. The fourth-order valence-electron chi connectivity index (χ4n) is 2.17. The average molecular weight is 336 g/mol. The number of hydrogen-bond donors (Lipinski definition) is 1. The summed E-state index contributed by atoms with van der Waals surface area (Å²) in [5.74, 6) is -0.309. The van der Waals surface area contributed by atoms with Gasteiger partial charge in [-0.1, -0.05) is 30.3 Å². The van der Waals surface area contributed by atoms with E-state index in [0.717, 1.165) is 17.9 Å². The first-order valence-corrected chi connectivity index (χ1v) is 8.08. The molecule has 6 nitrogen and oxygen atoms in total. The van der Waals surface area contributed by atoms with E-state index < -0.39 is 17.7 Å². The van der Waals surface area contributed by atoms with Gasteiger partial charge in [0.1, 0.15) is 11.6 Å². The zero-order chi connectivity index (χ0) is 18.2. The lowest BCUT2D eigenvalue weighted by Crippen LogP contribution is -2.48. The summed E-state index contributed by atoms with van der Waals surface area (Å²) < 4.78 is 5.23. The Morgan fingerprint density at radius 2 is 1.83 bits per heavy atom. The number of likely N-dealkylation sites (N-methyl/N-ethyl adjacent to an activating group) is 1. The first-order chi connectivity index (χ1) is 11.2. The molecule has 24 heavy (non-hydrogen) atoms. The predicted octanol–water partition coefficient (Wildman–Crippen LogP) is 2.92. The van der Waals surface area contributed by atoms with Crippen LogP contribution in [0.1, 0.15) is 39.2 Å². The standard InChI is InChI=1S/C18H28N2O4/c1-18(2,3)24-17(22)19-15(16(21)20(4)23-5)13-9-12-14-10-7-6-8-11-14/h6-8,10-11,15H,9,12-13H2,1-5H3,(H,19,22). The van der Waals surface area contributed by atoms with Gasteiger partial charge >= 0.3 is 6.09 Å². The second-order valence-electron chi connectivity index (χ2n) is 6.59. The van der Waals surface area contributed by atoms with Crippen molar-refractivity contribution in [2.24, 2.45) is 0 Å². The van der Waals surface area contributed by atoms with Crippen molar-refractivity contribution in [1.29, 1.82) is 0 Å². The summed E-state index contributed by atoms with van der Waals surface area (Å²) in [4.78, 5) is 29.3. The number of amides is 2. The molecular weight excluding hydrogens is 308 g/mol. The summed E-state index contributed by atoms with van der Waals surface area (Å²) in [5.41, 5.74) is 0.579. The lowest BCUT2D eigenvalue weighted by molar-refractivity contribution is -0.171. The van der Waals surface area contributed by atoms with E-state index >= 15 is 0 Å². The van der Waals surface area contributed by atoms with Gasteiger partial charge in [0.2, 0.25) is 0 Å². The van der Waals surface area contributed by atoms with Gasteiger partial charge in [-0.05, 0) is 45.6 Å². The fraction of sp³-hybridized carbons (Fsp3) is 0.556. The number of aryl methyl sites for hydroxylation is 1. The van der Waals surface area contributed by atoms with Crippen LogP contribution in [0.25, 0.3) is 0 Å². The number of benzene rings is 1. The number of nitrogens with zero attached hydrogens (tertiary/aromatic N) is 1. The molecule has 134 valence electrons. The Morgan fingerprint density at radius 3 is 2.38 bits per heavy atom. The fourth-order valence-corrected chi connectivity index (χ4v) is 2.17. The van der Waals surface area contributed by atoms with Crippen molar-refractivity contribution < 1.29 is 19.2 Å². The molecule has 1 N–H and O–H groups in total. The van der Waals surface area contributed by atoms with E-state index in [2.05, 4.69) is 5.32 Å². The van der Waals surface area contributed by atoms with Gasteiger partial charge in [-0.25, -0.2) is 9.86 Å². The Morgan fingerprint density at radius 1 is 1.21 bits per heavy atom. The van der Waals surface area contributed by atoms with E-state index in [-0.39, 0.29) is 5.91 Å². The number of ether oxygens (including phenoxy) is 1. The molecule has 6 heteroatoms. The highest BCUT2D eigenvalue weighted by molar-refractivity contribution is 5.84. The van der Waals surface area contributed by atoms with Crippen LogP contribution in [0.3, 0.4) is 0 Å². The van der Waals surface area contributed by atoms with Crippen molar-refractivity contribution in [3.8, 4) is 0 Å². The van der Waals surface area contributed by atoms with Gasteiger partial charge < -0.3 is 10.1 Å². The topological polar surface area (TPSA) is 67.9 Å². The van der Waals surface area contributed by atoms with E-state index in [1.54, 1.807) is 20.8 Å². The number of rotatable bonds is 7. The maximum absolute atomic E-state index is 12.3. The van der Waals surface area contributed by atoms with Crippen molar-refractivity contribution in [3.05, 3.63) is 35.9 Å². The molecule has 1 aromatic rings. The smallest absolute Gasteiger partial charge is 0.408 e. The van der Waals surface area contributed by atoms with E-state index in [1.165, 1.54) is 19.7 Å². The van der Waals surface area contributed by atoms with Crippen molar-refractivity contribution in [2.45, 2.75) is 51.7 Å². The van der Waals surface area contributed by atoms with E-state index in [4.69, 9.17) is 9.57 Å². The van der Waals surface area contributed by atoms with Crippen LogP contribution in [0.2, 0.25) is 0 Å². The largest absolute Gasteiger partial charge is 0.444 e. The van der Waals surface area contributed by atoms with E-state index in [1.807, 2.05) is 30.3 Å². The molecule has 0 radical (unpaired) electrons. The Bertz CT molecular complexity index is 526. The zero-order valence-electron chi connectivity index (χ0n) is 15.2. The molecular formula is C18H28N2O4. The third kappa shape index (κ3) is 7.46.